The molecule has 2 rings (SSSR count). The molecule has 84 valence electrons. The Hall–Kier alpha value is -1.00. The SMILES string of the molecule is Cn1ccn(Cc2ccc(Br)cc2Cl)c1=O. The van der Waals surface area contributed by atoms with E-state index in [9.17, 15) is 4.79 Å². The van der Waals surface area contributed by atoms with Gasteiger partial charge in [0.15, 0.2) is 0 Å². The minimum Gasteiger partial charge on any atom is -0.302 e. The molecule has 0 saturated heterocycles. The molecule has 3 nitrogen and oxygen atoms in total. The highest BCUT2D eigenvalue weighted by atomic mass is 79.9. The number of benzene rings is 1. The van der Waals surface area contributed by atoms with Crippen LogP contribution in [0.1, 0.15) is 5.56 Å². The van der Waals surface area contributed by atoms with Gasteiger partial charge in [-0.2, -0.15) is 0 Å². The van der Waals surface area contributed by atoms with E-state index in [4.69, 9.17) is 11.6 Å². The predicted molar refractivity (Wildman–Crippen MR) is 67.9 cm³/mol. The lowest BCUT2D eigenvalue weighted by molar-refractivity contribution is 0.718. The van der Waals surface area contributed by atoms with Gasteiger partial charge in [-0.3, -0.25) is 4.57 Å². The molecule has 5 heteroatoms. The second-order valence-electron chi connectivity index (χ2n) is 3.56. The lowest BCUT2D eigenvalue weighted by Crippen LogP contribution is -2.22. The molecule has 0 spiro atoms. The van der Waals surface area contributed by atoms with E-state index < -0.39 is 0 Å². The van der Waals surface area contributed by atoms with E-state index in [1.807, 2.05) is 18.2 Å². The first-order chi connectivity index (χ1) is 7.58. The molecule has 1 aromatic carbocycles. The zero-order valence-electron chi connectivity index (χ0n) is 8.65. The van der Waals surface area contributed by atoms with Crippen LogP contribution in [0.2, 0.25) is 5.02 Å². The zero-order valence-corrected chi connectivity index (χ0v) is 11.0. The highest BCUT2D eigenvalue weighted by Gasteiger charge is 2.04. The fourth-order valence-electron chi connectivity index (χ4n) is 1.46. The minimum absolute atomic E-state index is 0.0426. The van der Waals surface area contributed by atoms with Crippen LogP contribution in [-0.2, 0) is 13.6 Å². The molecule has 0 atom stereocenters. The number of rotatable bonds is 2. The van der Waals surface area contributed by atoms with Crippen molar-refractivity contribution in [2.45, 2.75) is 6.54 Å². The van der Waals surface area contributed by atoms with Gasteiger partial charge < -0.3 is 4.57 Å². The van der Waals surface area contributed by atoms with E-state index >= 15 is 0 Å². The average molecular weight is 302 g/mol. The smallest absolute Gasteiger partial charge is 0.302 e. The lowest BCUT2D eigenvalue weighted by Gasteiger charge is -2.04. The largest absolute Gasteiger partial charge is 0.328 e. The number of aromatic nitrogens is 2. The van der Waals surface area contributed by atoms with E-state index in [2.05, 4.69) is 15.9 Å². The van der Waals surface area contributed by atoms with Crippen molar-refractivity contribution < 1.29 is 0 Å². The second-order valence-corrected chi connectivity index (χ2v) is 4.88. The zero-order chi connectivity index (χ0) is 11.7. The van der Waals surface area contributed by atoms with Gasteiger partial charge >= 0.3 is 5.69 Å². The first-order valence-corrected chi connectivity index (χ1v) is 5.91. The summed E-state index contributed by atoms with van der Waals surface area (Å²) in [7, 11) is 1.72. The van der Waals surface area contributed by atoms with Gasteiger partial charge in [0.05, 0.1) is 6.54 Å². The van der Waals surface area contributed by atoms with Crippen LogP contribution in [0, 0.1) is 0 Å². The van der Waals surface area contributed by atoms with E-state index in [0.29, 0.717) is 11.6 Å². The maximum absolute atomic E-state index is 11.6. The first kappa shape index (κ1) is 11.5. The molecule has 0 aliphatic heterocycles. The van der Waals surface area contributed by atoms with Crippen molar-refractivity contribution >= 4 is 27.5 Å². The van der Waals surface area contributed by atoms with Crippen LogP contribution in [0.4, 0.5) is 0 Å². The summed E-state index contributed by atoms with van der Waals surface area (Å²) in [5.74, 6) is 0. The quantitative estimate of drug-likeness (QED) is 0.838. The van der Waals surface area contributed by atoms with Crippen molar-refractivity contribution in [3.05, 3.63) is 56.1 Å². The average Bonchev–Trinajstić information content (AvgIpc) is 2.54. The van der Waals surface area contributed by atoms with Crippen LogP contribution in [0.3, 0.4) is 0 Å². The van der Waals surface area contributed by atoms with Gasteiger partial charge in [0, 0.05) is 28.9 Å². The molecular weight excluding hydrogens is 291 g/mol. The molecule has 1 heterocycles. The summed E-state index contributed by atoms with van der Waals surface area (Å²) in [5.41, 5.74) is 0.886. The third-order valence-corrected chi connectivity index (χ3v) is 3.22. The van der Waals surface area contributed by atoms with Gasteiger partial charge in [-0.15, -0.1) is 0 Å². The van der Waals surface area contributed by atoms with Crippen LogP contribution in [-0.4, -0.2) is 9.13 Å². The molecule has 0 bridgehead atoms. The minimum atomic E-state index is -0.0426. The molecule has 0 amide bonds. The fraction of sp³-hybridized carbons (Fsp3) is 0.182. The van der Waals surface area contributed by atoms with Crippen LogP contribution in [0.25, 0.3) is 0 Å². The number of nitrogens with zero attached hydrogens (tertiary/aromatic N) is 2. The molecule has 0 radical (unpaired) electrons. The van der Waals surface area contributed by atoms with Crippen LogP contribution in [0.15, 0.2) is 39.9 Å². The van der Waals surface area contributed by atoms with Crippen molar-refractivity contribution in [1.29, 1.82) is 0 Å². The van der Waals surface area contributed by atoms with Gasteiger partial charge in [-0.25, -0.2) is 4.79 Å². The summed E-state index contributed by atoms with van der Waals surface area (Å²) < 4.78 is 4.09. The van der Waals surface area contributed by atoms with Crippen LogP contribution in [0.5, 0.6) is 0 Å². The standard InChI is InChI=1S/C11H10BrClN2O/c1-14-4-5-15(11(14)16)7-8-2-3-9(12)6-10(8)13/h2-6H,7H2,1H3. The summed E-state index contributed by atoms with van der Waals surface area (Å²) in [5, 5.41) is 0.658. The Bertz CT molecular complexity index is 574. The van der Waals surface area contributed by atoms with Crippen LogP contribution < -0.4 is 5.69 Å². The number of hydrogen-bond donors (Lipinski definition) is 0. The lowest BCUT2D eigenvalue weighted by atomic mass is 10.2. The Kier molecular flexibility index (Phi) is 3.21. The third-order valence-electron chi connectivity index (χ3n) is 2.37. The molecular formula is C11H10BrClN2O. The summed E-state index contributed by atoms with van der Waals surface area (Å²) in [4.78, 5) is 11.6. The maximum atomic E-state index is 11.6. The first-order valence-electron chi connectivity index (χ1n) is 4.73. The molecule has 0 aliphatic carbocycles. The molecule has 0 saturated carbocycles. The normalized spacial score (nSPS) is 10.7. The van der Waals surface area contributed by atoms with Crippen molar-refractivity contribution in [1.82, 2.24) is 9.13 Å². The molecule has 16 heavy (non-hydrogen) atoms. The molecule has 1 aromatic heterocycles. The van der Waals surface area contributed by atoms with E-state index in [1.165, 1.54) is 4.57 Å². The molecule has 0 aliphatic rings. The summed E-state index contributed by atoms with van der Waals surface area (Å²) in [6.07, 6.45) is 3.48. The van der Waals surface area contributed by atoms with Gasteiger partial charge in [0.1, 0.15) is 0 Å². The topological polar surface area (TPSA) is 26.9 Å². The number of halogens is 2. The van der Waals surface area contributed by atoms with Crippen LogP contribution >= 0.6 is 27.5 Å². The van der Waals surface area contributed by atoms with E-state index in [1.54, 1.807) is 24.0 Å². The van der Waals surface area contributed by atoms with Gasteiger partial charge in [0.25, 0.3) is 0 Å². The van der Waals surface area contributed by atoms with Crippen molar-refractivity contribution in [3.63, 3.8) is 0 Å². The number of aryl methyl sites for hydroxylation is 1. The Labute approximate surface area is 106 Å². The second kappa shape index (κ2) is 4.47. The van der Waals surface area contributed by atoms with Gasteiger partial charge in [-0.1, -0.05) is 33.6 Å². The monoisotopic (exact) mass is 300 g/mol. The Morgan fingerprint density at radius 1 is 1.38 bits per heavy atom. The van der Waals surface area contributed by atoms with Crippen molar-refractivity contribution in [2.24, 2.45) is 7.05 Å². The summed E-state index contributed by atoms with van der Waals surface area (Å²) in [6, 6.07) is 5.64. The fourth-order valence-corrected chi connectivity index (χ4v) is 2.20. The molecule has 0 fully saturated rings. The number of hydrogen-bond acceptors (Lipinski definition) is 1. The maximum Gasteiger partial charge on any atom is 0.328 e. The Morgan fingerprint density at radius 2 is 2.12 bits per heavy atom. The third kappa shape index (κ3) is 2.23. The number of imidazole rings is 1. The highest BCUT2D eigenvalue weighted by Crippen LogP contribution is 2.21. The summed E-state index contributed by atoms with van der Waals surface area (Å²) >= 11 is 9.43. The predicted octanol–water partition coefficient (Wildman–Crippen LogP) is 2.65. The molecule has 2 aromatic rings. The van der Waals surface area contributed by atoms with Gasteiger partial charge in [-0.05, 0) is 17.7 Å². The van der Waals surface area contributed by atoms with Crippen molar-refractivity contribution in [3.8, 4) is 0 Å². The van der Waals surface area contributed by atoms with Crippen molar-refractivity contribution in [2.75, 3.05) is 0 Å². The van der Waals surface area contributed by atoms with E-state index in [0.717, 1.165) is 10.0 Å². The summed E-state index contributed by atoms with van der Waals surface area (Å²) in [6.45, 7) is 0.492. The Morgan fingerprint density at radius 3 is 2.69 bits per heavy atom. The molecule has 0 unspecified atom stereocenters. The molecule has 0 N–H and O–H groups in total. The van der Waals surface area contributed by atoms with E-state index in [-0.39, 0.29) is 5.69 Å². The highest BCUT2D eigenvalue weighted by molar-refractivity contribution is 9.10. The Balaban J connectivity index is 2.34. The van der Waals surface area contributed by atoms with Gasteiger partial charge in [0.2, 0.25) is 0 Å².